The molecule has 0 saturated heterocycles. The van der Waals surface area contributed by atoms with Gasteiger partial charge in [-0.05, 0) is 32.1 Å². The van der Waals surface area contributed by atoms with Crippen molar-refractivity contribution in [1.29, 1.82) is 0 Å². The van der Waals surface area contributed by atoms with Crippen molar-refractivity contribution in [2.24, 2.45) is 5.92 Å². The maximum atomic E-state index is 11.8. The van der Waals surface area contributed by atoms with Gasteiger partial charge in [0.15, 0.2) is 0 Å². The zero-order chi connectivity index (χ0) is 11.6. The summed E-state index contributed by atoms with van der Waals surface area (Å²) >= 11 is 0. The smallest absolute Gasteiger partial charge is 0.135 e. The van der Waals surface area contributed by atoms with Crippen LogP contribution in [-0.2, 0) is 4.79 Å². The van der Waals surface area contributed by atoms with Crippen molar-refractivity contribution < 1.29 is 4.79 Å². The van der Waals surface area contributed by atoms with Gasteiger partial charge in [-0.2, -0.15) is 0 Å². The van der Waals surface area contributed by atoms with Crippen molar-refractivity contribution in [1.82, 2.24) is 0 Å². The number of carbonyl (C=O) groups excluding carboxylic acids is 1. The molecule has 1 rings (SSSR count). The summed E-state index contributed by atoms with van der Waals surface area (Å²) in [5.41, 5.74) is 0. The molecule has 0 amide bonds. The topological polar surface area (TPSA) is 17.1 Å². The third-order valence-electron chi connectivity index (χ3n) is 3.53. The molecule has 0 aromatic carbocycles. The molecule has 1 heteroatoms. The fourth-order valence-electron chi connectivity index (χ4n) is 2.26. The van der Waals surface area contributed by atoms with E-state index in [4.69, 9.17) is 0 Å². The van der Waals surface area contributed by atoms with E-state index in [-0.39, 0.29) is 5.92 Å². The molecule has 0 bridgehead atoms. The van der Waals surface area contributed by atoms with Gasteiger partial charge in [0.2, 0.25) is 0 Å². The van der Waals surface area contributed by atoms with E-state index in [0.717, 1.165) is 25.7 Å². The summed E-state index contributed by atoms with van der Waals surface area (Å²) in [6.45, 7) is 2.09. The van der Waals surface area contributed by atoms with E-state index in [0.29, 0.717) is 5.78 Å². The lowest BCUT2D eigenvalue weighted by Crippen LogP contribution is -2.10. The Morgan fingerprint density at radius 1 is 0.938 bits per heavy atom. The maximum Gasteiger partial charge on any atom is 0.135 e. The molecular weight excluding hydrogens is 196 g/mol. The van der Waals surface area contributed by atoms with Crippen LogP contribution in [0.15, 0.2) is 12.2 Å². The van der Waals surface area contributed by atoms with Crippen LogP contribution in [0.3, 0.4) is 0 Å². The summed E-state index contributed by atoms with van der Waals surface area (Å²) in [5.74, 6) is 0.748. The molecule has 1 aliphatic carbocycles. The number of hydrogen-bond acceptors (Lipinski definition) is 1. The number of carbonyl (C=O) groups is 1. The highest BCUT2D eigenvalue weighted by molar-refractivity contribution is 5.80. The highest BCUT2D eigenvalue weighted by Gasteiger charge is 2.11. The molecule has 1 nitrogen and oxygen atoms in total. The average Bonchev–Trinajstić information content (AvgIpc) is 2.29. The number of Topliss-reactive ketones (excluding diaryl/α,β-unsaturated/α-hetero) is 1. The second-order valence-electron chi connectivity index (χ2n) is 5.08. The largest absolute Gasteiger partial charge is 0.299 e. The number of rotatable bonds is 0. The fraction of sp³-hybridized carbons (Fsp3) is 0.800. The quantitative estimate of drug-likeness (QED) is 0.545. The molecule has 0 aromatic heterocycles. The first-order valence-corrected chi connectivity index (χ1v) is 6.98. The van der Waals surface area contributed by atoms with Gasteiger partial charge in [0.05, 0.1) is 0 Å². The molecule has 0 fully saturated rings. The summed E-state index contributed by atoms with van der Waals surface area (Å²) in [4.78, 5) is 11.8. The van der Waals surface area contributed by atoms with Crippen LogP contribution in [0.25, 0.3) is 0 Å². The molecule has 0 aliphatic heterocycles. The number of hydrogen-bond donors (Lipinski definition) is 0. The van der Waals surface area contributed by atoms with E-state index in [1.54, 1.807) is 0 Å². The van der Waals surface area contributed by atoms with Gasteiger partial charge in [-0.3, -0.25) is 4.79 Å². The van der Waals surface area contributed by atoms with Crippen LogP contribution < -0.4 is 0 Å². The molecule has 1 atom stereocenters. The number of allylic oxidation sites excluding steroid dienone is 2. The molecule has 0 saturated carbocycles. The Morgan fingerprint density at radius 2 is 1.56 bits per heavy atom. The molecule has 0 aromatic rings. The first-order chi connectivity index (χ1) is 7.80. The summed E-state index contributed by atoms with van der Waals surface area (Å²) in [6.07, 6.45) is 16.4. The van der Waals surface area contributed by atoms with E-state index in [2.05, 4.69) is 19.1 Å². The molecule has 0 heterocycles. The second-order valence-corrected chi connectivity index (χ2v) is 5.08. The molecule has 16 heavy (non-hydrogen) atoms. The van der Waals surface area contributed by atoms with Crippen LogP contribution in [0.5, 0.6) is 0 Å². The van der Waals surface area contributed by atoms with Crippen molar-refractivity contribution in [2.45, 2.75) is 71.1 Å². The average molecular weight is 222 g/mol. The third-order valence-corrected chi connectivity index (χ3v) is 3.53. The van der Waals surface area contributed by atoms with Crippen molar-refractivity contribution in [2.75, 3.05) is 0 Å². The van der Waals surface area contributed by atoms with E-state index < -0.39 is 0 Å². The van der Waals surface area contributed by atoms with Crippen LogP contribution in [-0.4, -0.2) is 5.78 Å². The minimum absolute atomic E-state index is 0.271. The van der Waals surface area contributed by atoms with Gasteiger partial charge >= 0.3 is 0 Å². The zero-order valence-corrected chi connectivity index (χ0v) is 10.7. The molecule has 0 radical (unpaired) electrons. The SMILES string of the molecule is CC1CC/C=C/CCCCCCCCC1=O. The van der Waals surface area contributed by atoms with Gasteiger partial charge in [-0.25, -0.2) is 0 Å². The highest BCUT2D eigenvalue weighted by Crippen LogP contribution is 2.15. The molecular formula is C15H26O. The first kappa shape index (κ1) is 13.5. The van der Waals surface area contributed by atoms with E-state index >= 15 is 0 Å². The minimum Gasteiger partial charge on any atom is -0.299 e. The Morgan fingerprint density at radius 3 is 2.38 bits per heavy atom. The Kier molecular flexibility index (Phi) is 7.20. The van der Waals surface area contributed by atoms with Crippen LogP contribution in [0.1, 0.15) is 71.1 Å². The van der Waals surface area contributed by atoms with Gasteiger partial charge in [0, 0.05) is 12.3 Å². The molecule has 0 N–H and O–H groups in total. The van der Waals surface area contributed by atoms with Crippen LogP contribution >= 0.6 is 0 Å². The Bertz CT molecular complexity index is 217. The van der Waals surface area contributed by atoms with Crippen LogP contribution in [0.4, 0.5) is 0 Å². The highest BCUT2D eigenvalue weighted by atomic mass is 16.1. The minimum atomic E-state index is 0.271. The van der Waals surface area contributed by atoms with Crippen molar-refractivity contribution in [3.8, 4) is 0 Å². The lowest BCUT2D eigenvalue weighted by molar-refractivity contribution is -0.122. The van der Waals surface area contributed by atoms with E-state index in [1.165, 1.54) is 38.5 Å². The summed E-state index contributed by atoms with van der Waals surface area (Å²) in [7, 11) is 0. The van der Waals surface area contributed by atoms with Crippen molar-refractivity contribution >= 4 is 5.78 Å². The third kappa shape index (κ3) is 6.09. The summed E-state index contributed by atoms with van der Waals surface area (Å²) in [5, 5.41) is 0. The summed E-state index contributed by atoms with van der Waals surface area (Å²) < 4.78 is 0. The van der Waals surface area contributed by atoms with Gasteiger partial charge in [0.25, 0.3) is 0 Å². The van der Waals surface area contributed by atoms with Gasteiger partial charge in [0.1, 0.15) is 5.78 Å². The molecule has 1 unspecified atom stereocenters. The predicted octanol–water partition coefficient (Wildman–Crippen LogP) is 4.66. The first-order valence-electron chi connectivity index (χ1n) is 6.98. The van der Waals surface area contributed by atoms with Gasteiger partial charge in [-0.1, -0.05) is 44.8 Å². The predicted molar refractivity (Wildman–Crippen MR) is 69.5 cm³/mol. The Labute approximate surface area is 100 Å². The lowest BCUT2D eigenvalue weighted by atomic mass is 9.95. The van der Waals surface area contributed by atoms with Gasteiger partial charge < -0.3 is 0 Å². The number of ketones is 1. The van der Waals surface area contributed by atoms with E-state index in [9.17, 15) is 4.79 Å². The standard InChI is InChI=1S/C15H26O/c1-14-12-10-8-6-4-2-3-5-7-9-11-13-15(14)16/h6,8,14H,2-5,7,9-13H2,1H3/b8-6+. The molecule has 92 valence electrons. The van der Waals surface area contributed by atoms with E-state index in [1.807, 2.05) is 0 Å². The van der Waals surface area contributed by atoms with Crippen molar-refractivity contribution in [3.05, 3.63) is 12.2 Å². The maximum absolute atomic E-state index is 11.8. The summed E-state index contributed by atoms with van der Waals surface area (Å²) in [6, 6.07) is 0. The zero-order valence-electron chi connectivity index (χ0n) is 10.7. The Hall–Kier alpha value is -0.590. The van der Waals surface area contributed by atoms with Gasteiger partial charge in [-0.15, -0.1) is 0 Å². The molecule has 1 aliphatic rings. The molecule has 0 spiro atoms. The Balaban J connectivity index is 2.33. The lowest BCUT2D eigenvalue weighted by Gasteiger charge is -2.09. The van der Waals surface area contributed by atoms with Crippen molar-refractivity contribution in [3.63, 3.8) is 0 Å². The second kappa shape index (κ2) is 8.55. The van der Waals surface area contributed by atoms with Crippen LogP contribution in [0.2, 0.25) is 0 Å². The normalized spacial score (nSPS) is 28.3. The fourth-order valence-corrected chi connectivity index (χ4v) is 2.26. The van der Waals surface area contributed by atoms with Crippen LogP contribution in [0, 0.1) is 5.92 Å². The monoisotopic (exact) mass is 222 g/mol.